The molecule has 2 N–H and O–H groups in total. The minimum absolute atomic E-state index is 0.0334. The number of para-hydroxylation sites is 2. The predicted octanol–water partition coefficient (Wildman–Crippen LogP) is 1.73. The number of nitrogens with one attached hydrogen (secondary N) is 2. The van der Waals surface area contributed by atoms with Gasteiger partial charge in [0.2, 0.25) is 0 Å². The van der Waals surface area contributed by atoms with Crippen molar-refractivity contribution in [3.63, 3.8) is 0 Å². The minimum atomic E-state index is -0.0334. The number of ether oxygens (including phenoxy) is 1. The van der Waals surface area contributed by atoms with Crippen molar-refractivity contribution in [3.05, 3.63) is 34.7 Å². The van der Waals surface area contributed by atoms with Gasteiger partial charge in [-0.05, 0) is 50.9 Å². The third kappa shape index (κ3) is 3.19. The van der Waals surface area contributed by atoms with Gasteiger partial charge in [0.15, 0.2) is 0 Å². The van der Waals surface area contributed by atoms with Crippen molar-refractivity contribution in [2.24, 2.45) is 5.92 Å². The van der Waals surface area contributed by atoms with Crippen LogP contribution in [0.4, 0.5) is 0 Å². The Bertz CT molecular complexity index is 640. The lowest BCUT2D eigenvalue weighted by Gasteiger charge is -2.35. The van der Waals surface area contributed by atoms with Crippen molar-refractivity contribution < 1.29 is 4.74 Å². The normalized spacial score (nSPS) is 21.6. The molecular weight excluding hydrogens is 266 g/mol. The summed E-state index contributed by atoms with van der Waals surface area (Å²) in [6.07, 6.45) is 3.61. The molecule has 1 aromatic heterocycles. The molecule has 0 bridgehead atoms. The number of aromatic amines is 1. The molecule has 0 spiro atoms. The zero-order chi connectivity index (χ0) is 14.7. The van der Waals surface area contributed by atoms with Gasteiger partial charge < -0.3 is 15.0 Å². The summed E-state index contributed by atoms with van der Waals surface area (Å²) in [6, 6.07) is 7.80. The molecule has 0 aliphatic heterocycles. The van der Waals surface area contributed by atoms with Crippen molar-refractivity contribution >= 4 is 11.0 Å². The van der Waals surface area contributed by atoms with Crippen LogP contribution in [0.5, 0.6) is 0 Å². The molecule has 1 aliphatic carbocycles. The van der Waals surface area contributed by atoms with Gasteiger partial charge >= 0.3 is 5.69 Å². The Kier molecular flexibility index (Phi) is 4.41. The van der Waals surface area contributed by atoms with Crippen LogP contribution in [0.2, 0.25) is 0 Å². The second kappa shape index (κ2) is 6.45. The van der Waals surface area contributed by atoms with Crippen molar-refractivity contribution in [2.75, 3.05) is 20.2 Å². The number of aryl methyl sites for hydroxylation is 1. The number of fused-ring (bicyclic) bond motifs is 1. The minimum Gasteiger partial charge on any atom is -0.378 e. The summed E-state index contributed by atoms with van der Waals surface area (Å²) in [7, 11) is 1.99. The molecular formula is C16H23N3O2. The van der Waals surface area contributed by atoms with Crippen molar-refractivity contribution in [2.45, 2.75) is 31.9 Å². The lowest BCUT2D eigenvalue weighted by Crippen LogP contribution is -2.37. The summed E-state index contributed by atoms with van der Waals surface area (Å²) >= 11 is 0. The van der Waals surface area contributed by atoms with Crippen LogP contribution in [0.25, 0.3) is 11.0 Å². The molecule has 0 atom stereocenters. The fourth-order valence-electron chi connectivity index (χ4n) is 3.07. The zero-order valence-electron chi connectivity index (χ0n) is 12.5. The van der Waals surface area contributed by atoms with Crippen molar-refractivity contribution in [3.8, 4) is 0 Å². The Labute approximate surface area is 124 Å². The van der Waals surface area contributed by atoms with Gasteiger partial charge in [0, 0.05) is 13.2 Å². The molecule has 0 amide bonds. The van der Waals surface area contributed by atoms with Gasteiger partial charge in [0.1, 0.15) is 0 Å². The highest BCUT2D eigenvalue weighted by molar-refractivity contribution is 5.74. The number of benzene rings is 1. The second-order valence-electron chi connectivity index (χ2n) is 5.84. The molecule has 2 aromatic rings. The first kappa shape index (κ1) is 14.4. The number of rotatable bonds is 7. The summed E-state index contributed by atoms with van der Waals surface area (Å²) in [5.74, 6) is 0.774. The van der Waals surface area contributed by atoms with Crippen molar-refractivity contribution in [1.29, 1.82) is 0 Å². The van der Waals surface area contributed by atoms with Crippen LogP contribution >= 0.6 is 0 Å². The molecule has 5 nitrogen and oxygen atoms in total. The first-order valence-electron chi connectivity index (χ1n) is 7.71. The Morgan fingerprint density at radius 2 is 2.19 bits per heavy atom. The van der Waals surface area contributed by atoms with E-state index in [1.54, 1.807) is 4.57 Å². The van der Waals surface area contributed by atoms with E-state index in [1.807, 2.05) is 31.3 Å². The molecule has 1 saturated carbocycles. The van der Waals surface area contributed by atoms with Crippen LogP contribution in [0, 0.1) is 5.92 Å². The standard InChI is InChI=1S/C16H23N3O2/c1-17-11-12-9-13(10-12)21-8-4-7-19-15-6-3-2-5-14(15)18-16(19)20/h2-3,5-6,12-13,17H,4,7-11H2,1H3,(H,18,20). The van der Waals surface area contributed by atoms with E-state index in [1.165, 1.54) is 0 Å². The number of hydrogen-bond donors (Lipinski definition) is 2. The molecule has 5 heteroatoms. The van der Waals surface area contributed by atoms with E-state index in [9.17, 15) is 4.79 Å². The fraction of sp³-hybridized carbons (Fsp3) is 0.562. The van der Waals surface area contributed by atoms with E-state index in [4.69, 9.17) is 4.74 Å². The average Bonchev–Trinajstić information content (AvgIpc) is 2.76. The molecule has 0 unspecified atom stereocenters. The maximum Gasteiger partial charge on any atom is 0.326 e. The van der Waals surface area contributed by atoms with E-state index in [2.05, 4.69) is 10.3 Å². The number of imidazole rings is 1. The van der Waals surface area contributed by atoms with Crippen LogP contribution in [0.15, 0.2) is 29.1 Å². The van der Waals surface area contributed by atoms with Crippen LogP contribution in [0.3, 0.4) is 0 Å². The van der Waals surface area contributed by atoms with Gasteiger partial charge in [0.05, 0.1) is 17.1 Å². The molecule has 1 aromatic carbocycles. The summed E-state index contributed by atoms with van der Waals surface area (Å²) < 4.78 is 7.65. The SMILES string of the molecule is CNCC1CC(OCCCn2c(=O)[nH]c3ccccc32)C1. The van der Waals surface area contributed by atoms with Gasteiger partial charge in [-0.15, -0.1) is 0 Å². The van der Waals surface area contributed by atoms with Crippen LogP contribution in [-0.4, -0.2) is 35.9 Å². The highest BCUT2D eigenvalue weighted by Gasteiger charge is 2.28. The van der Waals surface area contributed by atoms with Crippen molar-refractivity contribution in [1.82, 2.24) is 14.9 Å². The zero-order valence-corrected chi connectivity index (χ0v) is 12.5. The Morgan fingerprint density at radius 3 is 3.00 bits per heavy atom. The Hall–Kier alpha value is -1.59. The van der Waals surface area contributed by atoms with Gasteiger partial charge in [-0.25, -0.2) is 4.79 Å². The maximum atomic E-state index is 11.9. The maximum absolute atomic E-state index is 11.9. The summed E-state index contributed by atoms with van der Waals surface area (Å²) in [6.45, 7) is 2.52. The molecule has 1 fully saturated rings. The molecule has 1 heterocycles. The highest BCUT2D eigenvalue weighted by atomic mass is 16.5. The molecule has 1 aliphatic rings. The third-order valence-electron chi connectivity index (χ3n) is 4.25. The first-order chi connectivity index (χ1) is 10.3. The molecule has 3 rings (SSSR count). The largest absolute Gasteiger partial charge is 0.378 e. The topological polar surface area (TPSA) is 59.0 Å². The van der Waals surface area contributed by atoms with Crippen LogP contribution in [0.1, 0.15) is 19.3 Å². The Morgan fingerprint density at radius 1 is 1.38 bits per heavy atom. The fourth-order valence-corrected chi connectivity index (χ4v) is 3.07. The second-order valence-corrected chi connectivity index (χ2v) is 5.84. The molecule has 0 saturated heterocycles. The van der Waals surface area contributed by atoms with E-state index >= 15 is 0 Å². The van der Waals surface area contributed by atoms with Gasteiger partial charge in [-0.3, -0.25) is 4.57 Å². The lowest BCUT2D eigenvalue weighted by molar-refractivity contribution is -0.0311. The van der Waals surface area contributed by atoms with Gasteiger partial charge in [-0.1, -0.05) is 12.1 Å². The molecule has 114 valence electrons. The van der Waals surface area contributed by atoms with E-state index in [0.29, 0.717) is 12.6 Å². The van der Waals surface area contributed by atoms with Crippen LogP contribution in [-0.2, 0) is 11.3 Å². The highest BCUT2D eigenvalue weighted by Crippen LogP contribution is 2.29. The number of nitrogens with zero attached hydrogens (tertiary/aromatic N) is 1. The monoisotopic (exact) mass is 289 g/mol. The van der Waals surface area contributed by atoms with Gasteiger partial charge in [0.25, 0.3) is 0 Å². The summed E-state index contributed by atoms with van der Waals surface area (Å²) in [5.41, 5.74) is 1.84. The first-order valence-corrected chi connectivity index (χ1v) is 7.71. The quantitative estimate of drug-likeness (QED) is 0.763. The summed E-state index contributed by atoms with van der Waals surface area (Å²) in [5, 5.41) is 3.20. The predicted molar refractivity (Wildman–Crippen MR) is 83.6 cm³/mol. The third-order valence-corrected chi connectivity index (χ3v) is 4.25. The van der Waals surface area contributed by atoms with Gasteiger partial charge in [-0.2, -0.15) is 0 Å². The van der Waals surface area contributed by atoms with E-state index in [0.717, 1.165) is 49.4 Å². The number of aromatic nitrogens is 2. The molecule has 0 radical (unpaired) electrons. The van der Waals surface area contributed by atoms with E-state index in [-0.39, 0.29) is 5.69 Å². The van der Waals surface area contributed by atoms with E-state index < -0.39 is 0 Å². The number of hydrogen-bond acceptors (Lipinski definition) is 3. The average molecular weight is 289 g/mol. The molecule has 21 heavy (non-hydrogen) atoms. The smallest absolute Gasteiger partial charge is 0.326 e. The Balaban J connectivity index is 1.45. The van der Waals surface area contributed by atoms with Crippen LogP contribution < -0.4 is 11.0 Å². The lowest BCUT2D eigenvalue weighted by atomic mass is 9.82. The summed E-state index contributed by atoms with van der Waals surface area (Å²) in [4.78, 5) is 14.8. The number of H-pyrrole nitrogens is 1.